The SMILES string of the molecule is CCN(c1ccccc1)c1cc(C)c(F)cc1C(C)=O. The second kappa shape index (κ2) is 5.87. The van der Waals surface area contributed by atoms with Gasteiger partial charge in [0.2, 0.25) is 0 Å². The van der Waals surface area contributed by atoms with Crippen molar-refractivity contribution in [2.45, 2.75) is 20.8 Å². The summed E-state index contributed by atoms with van der Waals surface area (Å²) in [5.41, 5.74) is 2.70. The number of hydrogen-bond acceptors (Lipinski definition) is 2. The van der Waals surface area contributed by atoms with E-state index in [1.165, 1.54) is 13.0 Å². The summed E-state index contributed by atoms with van der Waals surface area (Å²) in [6.45, 7) is 5.89. The average Bonchev–Trinajstić information content (AvgIpc) is 2.44. The zero-order valence-corrected chi connectivity index (χ0v) is 12.0. The highest BCUT2D eigenvalue weighted by Gasteiger charge is 2.17. The van der Waals surface area contributed by atoms with Crippen molar-refractivity contribution in [2.24, 2.45) is 0 Å². The van der Waals surface area contributed by atoms with Crippen LogP contribution >= 0.6 is 0 Å². The fourth-order valence-corrected chi connectivity index (χ4v) is 2.27. The summed E-state index contributed by atoms with van der Waals surface area (Å²) in [5, 5.41) is 0. The first kappa shape index (κ1) is 14.3. The fourth-order valence-electron chi connectivity index (χ4n) is 2.27. The Kier molecular flexibility index (Phi) is 4.18. The summed E-state index contributed by atoms with van der Waals surface area (Å²) in [5.74, 6) is -0.476. The summed E-state index contributed by atoms with van der Waals surface area (Å²) < 4.78 is 13.7. The number of para-hydroxylation sites is 1. The van der Waals surface area contributed by atoms with Crippen LogP contribution in [0.15, 0.2) is 42.5 Å². The second-order valence-electron chi connectivity index (χ2n) is 4.75. The van der Waals surface area contributed by atoms with Crippen molar-refractivity contribution in [3.63, 3.8) is 0 Å². The number of aryl methyl sites for hydroxylation is 1. The molecule has 0 heterocycles. The summed E-state index contributed by atoms with van der Waals surface area (Å²) in [7, 11) is 0. The van der Waals surface area contributed by atoms with Crippen LogP contribution in [0, 0.1) is 12.7 Å². The maximum absolute atomic E-state index is 13.7. The summed E-state index contributed by atoms with van der Waals surface area (Å²) in [6.07, 6.45) is 0. The molecule has 0 radical (unpaired) electrons. The molecule has 0 atom stereocenters. The molecule has 2 rings (SSSR count). The smallest absolute Gasteiger partial charge is 0.162 e. The zero-order valence-electron chi connectivity index (χ0n) is 12.0. The van der Waals surface area contributed by atoms with Gasteiger partial charge in [0.15, 0.2) is 5.78 Å². The van der Waals surface area contributed by atoms with Crippen LogP contribution in [-0.2, 0) is 0 Å². The first-order chi connectivity index (χ1) is 9.54. The molecule has 0 unspecified atom stereocenters. The van der Waals surface area contributed by atoms with Crippen LogP contribution < -0.4 is 4.90 Å². The maximum Gasteiger partial charge on any atom is 0.162 e. The highest BCUT2D eigenvalue weighted by molar-refractivity contribution is 6.00. The van der Waals surface area contributed by atoms with Crippen molar-refractivity contribution in [1.82, 2.24) is 0 Å². The van der Waals surface area contributed by atoms with Gasteiger partial charge >= 0.3 is 0 Å². The topological polar surface area (TPSA) is 20.3 Å². The summed E-state index contributed by atoms with van der Waals surface area (Å²) in [4.78, 5) is 13.8. The van der Waals surface area contributed by atoms with Gasteiger partial charge in [-0.2, -0.15) is 0 Å². The molecule has 20 heavy (non-hydrogen) atoms. The van der Waals surface area contributed by atoms with E-state index < -0.39 is 0 Å². The van der Waals surface area contributed by atoms with E-state index in [0.29, 0.717) is 17.7 Å². The number of carbonyl (C=O) groups excluding carboxylic acids is 1. The van der Waals surface area contributed by atoms with Gasteiger partial charge < -0.3 is 4.90 Å². The molecule has 104 valence electrons. The third-order valence-electron chi connectivity index (χ3n) is 3.33. The first-order valence-electron chi connectivity index (χ1n) is 6.68. The van der Waals surface area contributed by atoms with Crippen molar-refractivity contribution in [2.75, 3.05) is 11.4 Å². The van der Waals surface area contributed by atoms with Crippen molar-refractivity contribution < 1.29 is 9.18 Å². The molecule has 2 nitrogen and oxygen atoms in total. The van der Waals surface area contributed by atoms with E-state index in [2.05, 4.69) is 0 Å². The van der Waals surface area contributed by atoms with Crippen molar-refractivity contribution >= 4 is 17.2 Å². The highest BCUT2D eigenvalue weighted by Crippen LogP contribution is 2.30. The van der Waals surface area contributed by atoms with E-state index in [1.807, 2.05) is 42.2 Å². The number of benzene rings is 2. The summed E-state index contributed by atoms with van der Waals surface area (Å²) >= 11 is 0. The number of halogens is 1. The molecule has 0 aliphatic heterocycles. The minimum atomic E-state index is -0.344. The van der Waals surface area contributed by atoms with Gasteiger partial charge in [-0.15, -0.1) is 0 Å². The van der Waals surface area contributed by atoms with E-state index in [-0.39, 0.29) is 11.6 Å². The van der Waals surface area contributed by atoms with Crippen LogP contribution in [0.2, 0.25) is 0 Å². The number of rotatable bonds is 4. The molecule has 0 aliphatic rings. The molecule has 0 saturated carbocycles. The van der Waals surface area contributed by atoms with Gasteiger partial charge in [-0.1, -0.05) is 18.2 Å². The quantitative estimate of drug-likeness (QED) is 0.763. The number of anilines is 2. The molecule has 0 aromatic heterocycles. The Morgan fingerprint density at radius 1 is 1.20 bits per heavy atom. The average molecular weight is 271 g/mol. The van der Waals surface area contributed by atoms with E-state index in [0.717, 1.165) is 11.4 Å². The van der Waals surface area contributed by atoms with Crippen LogP contribution in [0.4, 0.5) is 15.8 Å². The van der Waals surface area contributed by atoms with Crippen molar-refractivity contribution in [3.05, 3.63) is 59.4 Å². The molecule has 0 aliphatic carbocycles. The molecule has 0 fully saturated rings. The Balaban J connectivity index is 2.60. The number of nitrogens with zero attached hydrogens (tertiary/aromatic N) is 1. The predicted molar refractivity (Wildman–Crippen MR) is 80.3 cm³/mol. The third kappa shape index (κ3) is 2.72. The first-order valence-corrected chi connectivity index (χ1v) is 6.68. The minimum absolute atomic E-state index is 0.131. The van der Waals surface area contributed by atoms with Crippen molar-refractivity contribution in [1.29, 1.82) is 0 Å². The van der Waals surface area contributed by atoms with Crippen molar-refractivity contribution in [3.8, 4) is 0 Å². The molecule has 0 saturated heterocycles. The Morgan fingerprint density at radius 3 is 2.40 bits per heavy atom. The molecule has 0 amide bonds. The fraction of sp³-hybridized carbons (Fsp3) is 0.235. The molecule has 3 heteroatoms. The predicted octanol–water partition coefficient (Wildman–Crippen LogP) is 4.49. The van der Waals surface area contributed by atoms with E-state index in [9.17, 15) is 9.18 Å². The number of hydrogen-bond donors (Lipinski definition) is 0. The van der Waals surface area contributed by atoms with Gasteiger partial charge in [0, 0.05) is 17.8 Å². The zero-order chi connectivity index (χ0) is 14.7. The van der Waals surface area contributed by atoms with E-state index in [1.54, 1.807) is 13.0 Å². The Hall–Kier alpha value is -2.16. The largest absolute Gasteiger partial charge is 0.341 e. The Bertz CT molecular complexity index is 622. The molecular formula is C17H18FNO. The number of ketones is 1. The lowest BCUT2D eigenvalue weighted by Crippen LogP contribution is -2.19. The highest BCUT2D eigenvalue weighted by atomic mass is 19.1. The van der Waals surface area contributed by atoms with Gasteiger partial charge in [0.1, 0.15) is 5.82 Å². The third-order valence-corrected chi connectivity index (χ3v) is 3.33. The van der Waals surface area contributed by atoms with E-state index in [4.69, 9.17) is 0 Å². The van der Waals surface area contributed by atoms with Crippen LogP contribution in [0.5, 0.6) is 0 Å². The Morgan fingerprint density at radius 2 is 1.85 bits per heavy atom. The van der Waals surface area contributed by atoms with Crippen LogP contribution in [0.25, 0.3) is 0 Å². The lowest BCUT2D eigenvalue weighted by molar-refractivity contribution is 0.101. The molecule has 2 aromatic carbocycles. The lowest BCUT2D eigenvalue weighted by Gasteiger charge is -2.26. The number of carbonyl (C=O) groups is 1. The summed E-state index contributed by atoms with van der Waals surface area (Å²) in [6, 6.07) is 12.9. The minimum Gasteiger partial charge on any atom is -0.341 e. The molecular weight excluding hydrogens is 253 g/mol. The van der Waals surface area contributed by atoms with Gasteiger partial charge in [-0.25, -0.2) is 4.39 Å². The van der Waals surface area contributed by atoms with Gasteiger partial charge in [0.25, 0.3) is 0 Å². The molecule has 2 aromatic rings. The normalized spacial score (nSPS) is 10.4. The maximum atomic E-state index is 13.7. The van der Waals surface area contributed by atoms with Gasteiger partial charge in [-0.05, 0) is 50.6 Å². The molecule has 0 bridgehead atoms. The standard InChI is InChI=1S/C17H18FNO/c1-4-19(14-8-6-5-7-9-14)17-10-12(2)16(18)11-15(17)13(3)20/h5-11H,4H2,1-3H3. The van der Waals surface area contributed by atoms with E-state index >= 15 is 0 Å². The second-order valence-corrected chi connectivity index (χ2v) is 4.75. The van der Waals surface area contributed by atoms with Crippen LogP contribution in [-0.4, -0.2) is 12.3 Å². The molecule has 0 N–H and O–H groups in total. The molecule has 0 spiro atoms. The van der Waals surface area contributed by atoms with Crippen LogP contribution in [0.1, 0.15) is 29.8 Å². The number of Topliss-reactive ketones (excluding diaryl/α,β-unsaturated/α-hetero) is 1. The van der Waals surface area contributed by atoms with Gasteiger partial charge in [0.05, 0.1) is 5.69 Å². The van der Waals surface area contributed by atoms with Crippen LogP contribution in [0.3, 0.4) is 0 Å². The Labute approximate surface area is 118 Å². The van der Waals surface area contributed by atoms with Gasteiger partial charge in [-0.3, -0.25) is 4.79 Å². The lowest BCUT2D eigenvalue weighted by atomic mass is 10.0. The monoisotopic (exact) mass is 271 g/mol.